The van der Waals surface area contributed by atoms with Crippen molar-refractivity contribution >= 4 is 11.8 Å². The monoisotopic (exact) mass is 151 g/mol. The van der Waals surface area contributed by atoms with E-state index in [0.29, 0.717) is 11.3 Å². The summed E-state index contributed by atoms with van der Waals surface area (Å²) in [4.78, 5) is 0. The maximum absolute atomic E-state index is 12.5. The Kier molecular flexibility index (Phi) is 1.27. The van der Waals surface area contributed by atoms with Gasteiger partial charge in [0, 0.05) is 17.7 Å². The van der Waals surface area contributed by atoms with E-state index in [1.54, 1.807) is 6.08 Å². The molecule has 0 saturated carbocycles. The van der Waals surface area contributed by atoms with Crippen molar-refractivity contribution in [1.29, 1.82) is 0 Å². The molecule has 1 heterocycles. The van der Waals surface area contributed by atoms with E-state index in [1.807, 2.05) is 0 Å². The maximum Gasteiger partial charge on any atom is 0.143 e. The lowest BCUT2D eigenvalue weighted by Gasteiger charge is -2.12. The van der Waals surface area contributed by atoms with Gasteiger partial charge in [0.15, 0.2) is 0 Å². The highest BCUT2D eigenvalue weighted by atomic mass is 19.1. The summed E-state index contributed by atoms with van der Waals surface area (Å²) in [5.41, 5.74) is 1.27. The SMILES string of the molecule is [O-][NH+]1C=Cc2cc(F)ccc21. The Bertz CT molecular complexity index is 322. The number of rotatable bonds is 0. The standard InChI is InChI=1S/C8H6FNO/c9-7-1-2-8-6(5-7)3-4-10(8)11/h1-5,10H. The van der Waals surface area contributed by atoms with Crippen LogP contribution in [-0.4, -0.2) is 0 Å². The molecule has 2 nitrogen and oxygen atoms in total. The fraction of sp³-hybridized carbons (Fsp3) is 0. The third-order valence-electron chi connectivity index (χ3n) is 1.69. The van der Waals surface area contributed by atoms with Gasteiger partial charge in [-0.15, -0.1) is 0 Å². The van der Waals surface area contributed by atoms with Crippen LogP contribution in [0.3, 0.4) is 0 Å². The molecule has 0 fully saturated rings. The molecular weight excluding hydrogens is 145 g/mol. The van der Waals surface area contributed by atoms with Gasteiger partial charge in [0.25, 0.3) is 0 Å². The fourth-order valence-corrected chi connectivity index (χ4v) is 1.15. The van der Waals surface area contributed by atoms with Gasteiger partial charge in [-0.1, -0.05) is 0 Å². The summed E-state index contributed by atoms with van der Waals surface area (Å²) in [6, 6.07) is 4.16. The third kappa shape index (κ3) is 0.943. The van der Waals surface area contributed by atoms with E-state index in [0.717, 1.165) is 0 Å². The van der Waals surface area contributed by atoms with Crippen LogP contribution in [0.25, 0.3) is 6.08 Å². The molecule has 0 radical (unpaired) electrons. The number of quaternary nitrogens is 1. The van der Waals surface area contributed by atoms with Gasteiger partial charge in [0.1, 0.15) is 17.7 Å². The van der Waals surface area contributed by atoms with Crippen LogP contribution in [0.1, 0.15) is 5.56 Å². The van der Waals surface area contributed by atoms with Crippen LogP contribution in [0.15, 0.2) is 24.4 Å². The Labute approximate surface area is 63.1 Å². The molecule has 56 valence electrons. The summed E-state index contributed by atoms with van der Waals surface area (Å²) >= 11 is 0. The minimum atomic E-state index is -0.303. The molecule has 1 N–H and O–H groups in total. The van der Waals surface area contributed by atoms with Crippen molar-refractivity contribution in [3.8, 4) is 0 Å². The molecule has 1 aromatic carbocycles. The molecule has 3 heteroatoms. The average Bonchev–Trinajstić information content (AvgIpc) is 2.32. The Balaban J connectivity index is 2.58. The van der Waals surface area contributed by atoms with Gasteiger partial charge in [0.05, 0.1) is 0 Å². The number of benzene rings is 1. The van der Waals surface area contributed by atoms with Crippen molar-refractivity contribution < 1.29 is 9.45 Å². The van der Waals surface area contributed by atoms with Gasteiger partial charge in [-0.25, -0.2) is 4.39 Å². The zero-order valence-corrected chi connectivity index (χ0v) is 5.67. The molecule has 1 atom stereocenters. The molecule has 0 bridgehead atoms. The number of fused-ring (bicyclic) bond motifs is 1. The van der Waals surface area contributed by atoms with E-state index in [2.05, 4.69) is 0 Å². The van der Waals surface area contributed by atoms with Crippen LogP contribution in [0.2, 0.25) is 0 Å². The first-order chi connectivity index (χ1) is 5.27. The first-order valence-electron chi connectivity index (χ1n) is 3.29. The highest BCUT2D eigenvalue weighted by Crippen LogP contribution is 2.17. The molecule has 1 aliphatic heterocycles. The second-order valence-corrected chi connectivity index (χ2v) is 2.43. The summed E-state index contributed by atoms with van der Waals surface area (Å²) in [6.07, 6.45) is 3.07. The van der Waals surface area contributed by atoms with Gasteiger partial charge in [0.2, 0.25) is 0 Å². The molecule has 1 unspecified atom stereocenters. The summed E-state index contributed by atoms with van der Waals surface area (Å²) in [7, 11) is 0. The first-order valence-corrected chi connectivity index (χ1v) is 3.29. The van der Waals surface area contributed by atoms with Crippen molar-refractivity contribution in [2.45, 2.75) is 0 Å². The van der Waals surface area contributed by atoms with Crippen molar-refractivity contribution in [2.75, 3.05) is 0 Å². The number of nitrogens with one attached hydrogen (secondary N) is 1. The summed E-state index contributed by atoms with van der Waals surface area (Å²) in [6.45, 7) is 0. The minimum Gasteiger partial charge on any atom is -0.624 e. The molecule has 2 rings (SSSR count). The Hall–Kier alpha value is -1.19. The van der Waals surface area contributed by atoms with Crippen LogP contribution in [0, 0.1) is 11.0 Å². The van der Waals surface area contributed by atoms with Gasteiger partial charge in [-0.3, -0.25) is 0 Å². The normalized spacial score (nSPS) is 20.4. The van der Waals surface area contributed by atoms with E-state index in [1.165, 1.54) is 24.4 Å². The maximum atomic E-state index is 12.5. The van der Waals surface area contributed by atoms with Crippen LogP contribution in [0.5, 0.6) is 0 Å². The summed E-state index contributed by atoms with van der Waals surface area (Å²) < 4.78 is 12.5. The summed E-state index contributed by atoms with van der Waals surface area (Å²) in [5.74, 6) is -0.303. The number of halogens is 1. The van der Waals surface area contributed by atoms with Crippen LogP contribution < -0.4 is 5.06 Å². The quantitative estimate of drug-likeness (QED) is 0.546. The van der Waals surface area contributed by atoms with Crippen molar-refractivity contribution in [3.05, 3.63) is 41.0 Å². The van der Waals surface area contributed by atoms with Crippen molar-refractivity contribution in [3.63, 3.8) is 0 Å². The van der Waals surface area contributed by atoms with E-state index >= 15 is 0 Å². The van der Waals surface area contributed by atoms with E-state index in [9.17, 15) is 9.60 Å². The Morgan fingerprint density at radius 1 is 1.36 bits per heavy atom. The lowest BCUT2D eigenvalue weighted by molar-refractivity contribution is -0.710. The zero-order valence-electron chi connectivity index (χ0n) is 5.67. The first kappa shape index (κ1) is 6.52. The van der Waals surface area contributed by atoms with E-state index < -0.39 is 0 Å². The number of hydroxylamine groups is 1. The van der Waals surface area contributed by atoms with E-state index in [-0.39, 0.29) is 10.9 Å². The van der Waals surface area contributed by atoms with Gasteiger partial charge in [-0.2, -0.15) is 0 Å². The van der Waals surface area contributed by atoms with E-state index in [4.69, 9.17) is 0 Å². The highest BCUT2D eigenvalue weighted by Gasteiger charge is 2.12. The van der Waals surface area contributed by atoms with Crippen molar-refractivity contribution in [2.24, 2.45) is 0 Å². The number of hydrogen-bond acceptors (Lipinski definition) is 1. The van der Waals surface area contributed by atoms with Crippen LogP contribution in [-0.2, 0) is 0 Å². The Morgan fingerprint density at radius 3 is 3.00 bits per heavy atom. The molecule has 0 aliphatic carbocycles. The van der Waals surface area contributed by atoms with Gasteiger partial charge < -0.3 is 10.3 Å². The smallest absolute Gasteiger partial charge is 0.143 e. The molecule has 0 amide bonds. The average molecular weight is 151 g/mol. The zero-order chi connectivity index (χ0) is 7.84. The third-order valence-corrected chi connectivity index (χ3v) is 1.69. The second kappa shape index (κ2) is 2.15. The largest absolute Gasteiger partial charge is 0.624 e. The molecular formula is C8H6FNO. The highest BCUT2D eigenvalue weighted by molar-refractivity contribution is 5.63. The molecule has 1 aliphatic rings. The predicted molar refractivity (Wildman–Crippen MR) is 39.4 cm³/mol. The fourth-order valence-electron chi connectivity index (χ4n) is 1.15. The predicted octanol–water partition coefficient (Wildman–Crippen LogP) is 0.824. The summed E-state index contributed by atoms with van der Waals surface area (Å²) in [5, 5.41) is 10.9. The molecule has 0 spiro atoms. The lowest BCUT2D eigenvalue weighted by Crippen LogP contribution is -2.95. The molecule has 0 aromatic heterocycles. The topological polar surface area (TPSA) is 27.5 Å². The minimum absolute atomic E-state index is 0.0417. The molecule has 1 aromatic rings. The van der Waals surface area contributed by atoms with Gasteiger partial charge >= 0.3 is 0 Å². The number of hydrogen-bond donors (Lipinski definition) is 1. The molecule has 0 saturated heterocycles. The second-order valence-electron chi connectivity index (χ2n) is 2.43. The molecule has 11 heavy (non-hydrogen) atoms. The van der Waals surface area contributed by atoms with Gasteiger partial charge in [-0.05, 0) is 12.1 Å². The van der Waals surface area contributed by atoms with Crippen molar-refractivity contribution in [1.82, 2.24) is 0 Å². The lowest BCUT2D eigenvalue weighted by atomic mass is 10.2. The Morgan fingerprint density at radius 2 is 2.18 bits per heavy atom. The van der Waals surface area contributed by atoms with Crippen LogP contribution >= 0.6 is 0 Å². The van der Waals surface area contributed by atoms with Crippen LogP contribution in [0.4, 0.5) is 10.1 Å².